The molecule has 0 bridgehead atoms. The minimum atomic E-state index is -2.62. The first kappa shape index (κ1) is 10.4. The highest BCUT2D eigenvalue weighted by atomic mass is 35.5. The summed E-state index contributed by atoms with van der Waals surface area (Å²) in [6.07, 6.45) is 0. The molecule has 2 aromatic rings. The summed E-state index contributed by atoms with van der Waals surface area (Å²) in [6, 6.07) is 6.76. The van der Waals surface area contributed by atoms with Crippen LogP contribution in [-0.4, -0.2) is 9.55 Å². The van der Waals surface area contributed by atoms with Crippen LogP contribution in [0.25, 0.3) is 11.0 Å². The molecule has 1 heterocycles. The van der Waals surface area contributed by atoms with Gasteiger partial charge in [0.15, 0.2) is 0 Å². The summed E-state index contributed by atoms with van der Waals surface area (Å²) >= 11 is 5.81. The van der Waals surface area contributed by atoms with Crippen LogP contribution < -0.4 is 0 Å². The van der Waals surface area contributed by atoms with E-state index in [1.54, 1.807) is 31.2 Å². The molecule has 1 aromatic heterocycles. The van der Waals surface area contributed by atoms with Crippen molar-refractivity contribution in [2.75, 3.05) is 0 Å². The number of rotatable bonds is 2. The van der Waals surface area contributed by atoms with Gasteiger partial charge in [-0.1, -0.05) is 12.1 Å². The van der Waals surface area contributed by atoms with Crippen LogP contribution in [0.1, 0.15) is 24.7 Å². The maximum absolute atomic E-state index is 12.8. The van der Waals surface area contributed by atoms with Gasteiger partial charge in [0.1, 0.15) is 5.82 Å². The van der Waals surface area contributed by atoms with E-state index in [1.807, 2.05) is 0 Å². The standard InChI is InChI=1S/C10H9ClF2N2/c1-6(11)9-14-7-4-2-3-5-8(7)15(9)10(12)13/h2-6,10H,1H3/t6-/m0/s1. The number of hydrogen-bond donors (Lipinski definition) is 0. The van der Waals surface area contributed by atoms with Crippen molar-refractivity contribution >= 4 is 22.6 Å². The highest BCUT2D eigenvalue weighted by Gasteiger charge is 2.19. The van der Waals surface area contributed by atoms with Crippen molar-refractivity contribution in [3.63, 3.8) is 0 Å². The Labute approximate surface area is 90.5 Å². The summed E-state index contributed by atoms with van der Waals surface area (Å²) in [5, 5.41) is -0.536. The number of fused-ring (bicyclic) bond motifs is 1. The fraction of sp³-hybridized carbons (Fsp3) is 0.300. The van der Waals surface area contributed by atoms with E-state index in [2.05, 4.69) is 4.98 Å². The van der Waals surface area contributed by atoms with Crippen LogP contribution in [0.5, 0.6) is 0 Å². The summed E-state index contributed by atoms with van der Waals surface area (Å²) in [7, 11) is 0. The zero-order chi connectivity index (χ0) is 11.0. The van der Waals surface area contributed by atoms with Gasteiger partial charge in [0, 0.05) is 0 Å². The Morgan fingerprint density at radius 1 is 1.33 bits per heavy atom. The second kappa shape index (κ2) is 3.77. The van der Waals surface area contributed by atoms with Crippen molar-refractivity contribution in [2.45, 2.75) is 18.9 Å². The van der Waals surface area contributed by atoms with E-state index in [-0.39, 0.29) is 5.82 Å². The van der Waals surface area contributed by atoms with Gasteiger partial charge in [0.25, 0.3) is 0 Å². The molecule has 1 atom stereocenters. The Morgan fingerprint density at radius 3 is 2.60 bits per heavy atom. The molecule has 0 aliphatic rings. The van der Waals surface area contributed by atoms with Crippen LogP contribution in [0.4, 0.5) is 8.78 Å². The summed E-state index contributed by atoms with van der Waals surface area (Å²) in [5.41, 5.74) is 0.954. The highest BCUT2D eigenvalue weighted by Crippen LogP contribution is 2.28. The zero-order valence-corrected chi connectivity index (χ0v) is 8.75. The van der Waals surface area contributed by atoms with Crippen LogP contribution in [-0.2, 0) is 0 Å². The summed E-state index contributed by atoms with van der Waals surface area (Å²) in [4.78, 5) is 4.08. The molecule has 15 heavy (non-hydrogen) atoms. The van der Waals surface area contributed by atoms with Crippen molar-refractivity contribution in [2.24, 2.45) is 0 Å². The second-order valence-electron chi connectivity index (χ2n) is 3.22. The van der Waals surface area contributed by atoms with Crippen LogP contribution in [0.2, 0.25) is 0 Å². The first-order valence-electron chi connectivity index (χ1n) is 4.50. The molecule has 0 N–H and O–H groups in total. The lowest BCUT2D eigenvalue weighted by molar-refractivity contribution is 0.0714. The molecule has 0 saturated heterocycles. The molecular formula is C10H9ClF2N2. The number of halogens is 3. The number of nitrogens with zero attached hydrogens (tertiary/aromatic N) is 2. The molecular weight excluding hydrogens is 222 g/mol. The summed E-state index contributed by atoms with van der Waals surface area (Å²) in [6.45, 7) is -0.990. The third kappa shape index (κ3) is 1.69. The molecule has 0 spiro atoms. The predicted octanol–water partition coefficient (Wildman–Crippen LogP) is 3.73. The number of benzene rings is 1. The maximum Gasteiger partial charge on any atom is 0.320 e. The molecule has 0 amide bonds. The minimum absolute atomic E-state index is 0.202. The van der Waals surface area contributed by atoms with Gasteiger partial charge in [-0.05, 0) is 19.1 Å². The first-order valence-corrected chi connectivity index (χ1v) is 4.94. The Hall–Kier alpha value is -1.16. The molecule has 0 saturated carbocycles. The number of hydrogen-bond acceptors (Lipinski definition) is 1. The van der Waals surface area contributed by atoms with Crippen LogP contribution in [0.3, 0.4) is 0 Å². The number of alkyl halides is 3. The quantitative estimate of drug-likeness (QED) is 0.719. The molecule has 0 aliphatic heterocycles. The average molecular weight is 231 g/mol. The highest BCUT2D eigenvalue weighted by molar-refractivity contribution is 6.20. The van der Waals surface area contributed by atoms with Gasteiger partial charge >= 0.3 is 6.55 Å². The second-order valence-corrected chi connectivity index (χ2v) is 3.88. The summed E-state index contributed by atoms with van der Waals surface area (Å²) in [5.74, 6) is 0.202. The third-order valence-electron chi connectivity index (χ3n) is 2.17. The summed E-state index contributed by atoms with van der Waals surface area (Å²) < 4.78 is 26.5. The van der Waals surface area contributed by atoms with Gasteiger partial charge in [-0.2, -0.15) is 8.78 Å². The van der Waals surface area contributed by atoms with Crippen molar-refractivity contribution in [1.29, 1.82) is 0 Å². The zero-order valence-electron chi connectivity index (χ0n) is 7.99. The number of aromatic nitrogens is 2. The minimum Gasteiger partial charge on any atom is -0.269 e. The molecule has 2 rings (SSSR count). The monoisotopic (exact) mass is 230 g/mol. The SMILES string of the molecule is C[C@H](Cl)c1nc2ccccc2n1C(F)F. The van der Waals surface area contributed by atoms with E-state index in [9.17, 15) is 8.78 Å². The fourth-order valence-corrected chi connectivity index (χ4v) is 1.70. The molecule has 1 aromatic carbocycles. The number of imidazole rings is 1. The van der Waals surface area contributed by atoms with Crippen LogP contribution in [0, 0.1) is 0 Å². The largest absolute Gasteiger partial charge is 0.320 e. The Bertz CT molecular complexity index is 479. The van der Waals surface area contributed by atoms with Crippen molar-refractivity contribution in [1.82, 2.24) is 9.55 Å². The molecule has 0 aliphatic carbocycles. The van der Waals surface area contributed by atoms with E-state index in [1.165, 1.54) is 0 Å². The fourth-order valence-electron chi connectivity index (χ4n) is 1.55. The molecule has 0 fully saturated rings. The van der Waals surface area contributed by atoms with Crippen molar-refractivity contribution in [3.8, 4) is 0 Å². The van der Waals surface area contributed by atoms with Crippen LogP contribution in [0.15, 0.2) is 24.3 Å². The van der Waals surface area contributed by atoms with E-state index < -0.39 is 11.9 Å². The Kier molecular flexibility index (Phi) is 2.61. The van der Waals surface area contributed by atoms with Crippen molar-refractivity contribution < 1.29 is 8.78 Å². The van der Waals surface area contributed by atoms with Crippen LogP contribution >= 0.6 is 11.6 Å². The first-order chi connectivity index (χ1) is 7.11. The van der Waals surface area contributed by atoms with Crippen molar-refractivity contribution in [3.05, 3.63) is 30.1 Å². The number of para-hydroxylation sites is 2. The smallest absolute Gasteiger partial charge is 0.269 e. The van der Waals surface area contributed by atoms with E-state index in [0.29, 0.717) is 11.0 Å². The average Bonchev–Trinajstić information content (AvgIpc) is 2.56. The third-order valence-corrected chi connectivity index (χ3v) is 2.37. The lowest BCUT2D eigenvalue weighted by atomic mass is 10.3. The lowest BCUT2D eigenvalue weighted by Gasteiger charge is -2.08. The van der Waals surface area contributed by atoms with E-state index in [0.717, 1.165) is 4.57 Å². The van der Waals surface area contributed by atoms with Gasteiger partial charge in [-0.15, -0.1) is 11.6 Å². The van der Waals surface area contributed by atoms with Gasteiger partial charge in [0.2, 0.25) is 0 Å². The van der Waals surface area contributed by atoms with Gasteiger partial charge in [-0.25, -0.2) is 4.98 Å². The van der Waals surface area contributed by atoms with Gasteiger partial charge in [-0.3, -0.25) is 4.57 Å². The normalized spacial score (nSPS) is 13.7. The Balaban J connectivity index is 2.75. The lowest BCUT2D eigenvalue weighted by Crippen LogP contribution is -2.04. The van der Waals surface area contributed by atoms with E-state index in [4.69, 9.17) is 11.6 Å². The Morgan fingerprint density at radius 2 is 2.00 bits per heavy atom. The maximum atomic E-state index is 12.8. The van der Waals surface area contributed by atoms with E-state index >= 15 is 0 Å². The predicted molar refractivity (Wildman–Crippen MR) is 55.3 cm³/mol. The topological polar surface area (TPSA) is 17.8 Å². The van der Waals surface area contributed by atoms with Gasteiger partial charge in [0.05, 0.1) is 16.4 Å². The molecule has 5 heteroatoms. The molecule has 0 radical (unpaired) electrons. The molecule has 0 unspecified atom stereocenters. The molecule has 80 valence electrons. The van der Waals surface area contributed by atoms with Gasteiger partial charge < -0.3 is 0 Å². The molecule has 2 nitrogen and oxygen atoms in total.